The highest BCUT2D eigenvalue weighted by atomic mass is 35.5. The minimum Gasteiger partial charge on any atom is -0.497 e. The fourth-order valence-corrected chi connectivity index (χ4v) is 2.72. The molecule has 0 saturated carbocycles. The molecular weight excluding hydrogens is 352 g/mol. The number of para-hydroxylation sites is 2. The maximum Gasteiger partial charge on any atom is 0.226 e. The number of hydrogen-bond donors (Lipinski definition) is 2. The number of amides is 1. The zero-order valence-corrected chi connectivity index (χ0v) is 15.7. The second-order valence-corrected chi connectivity index (χ2v) is 5.71. The van der Waals surface area contributed by atoms with E-state index in [1.807, 2.05) is 60.1 Å². The van der Waals surface area contributed by atoms with E-state index < -0.39 is 0 Å². The van der Waals surface area contributed by atoms with Gasteiger partial charge in [-0.1, -0.05) is 12.1 Å². The van der Waals surface area contributed by atoms with E-state index >= 15 is 0 Å². The van der Waals surface area contributed by atoms with Gasteiger partial charge in [0.1, 0.15) is 5.75 Å². The van der Waals surface area contributed by atoms with Crippen LogP contribution >= 0.6 is 12.4 Å². The number of imidazole rings is 1. The summed E-state index contributed by atoms with van der Waals surface area (Å²) in [6.07, 6.45) is 1.23. The van der Waals surface area contributed by atoms with Crippen molar-refractivity contribution >= 4 is 35.3 Å². The normalized spacial score (nSPS) is 10.4. The second kappa shape index (κ2) is 9.22. The molecule has 1 heterocycles. The predicted molar refractivity (Wildman–Crippen MR) is 107 cm³/mol. The Morgan fingerprint density at radius 3 is 2.58 bits per heavy atom. The summed E-state index contributed by atoms with van der Waals surface area (Å²) in [7, 11) is 3.51. The number of aromatic nitrogens is 2. The average Bonchev–Trinajstić information content (AvgIpc) is 2.99. The fourth-order valence-electron chi connectivity index (χ4n) is 2.72. The summed E-state index contributed by atoms with van der Waals surface area (Å²) in [5, 5.41) is 5.98. The largest absolute Gasteiger partial charge is 0.497 e. The molecule has 0 fully saturated rings. The van der Waals surface area contributed by atoms with Gasteiger partial charge in [-0.15, -0.1) is 12.4 Å². The van der Waals surface area contributed by atoms with Crippen molar-refractivity contribution in [2.24, 2.45) is 0 Å². The van der Waals surface area contributed by atoms with Crippen LogP contribution in [0.4, 0.5) is 5.95 Å². The number of rotatable bonds is 7. The van der Waals surface area contributed by atoms with Crippen molar-refractivity contribution in [3.8, 4) is 11.4 Å². The lowest BCUT2D eigenvalue weighted by molar-refractivity contribution is -0.116. The Morgan fingerprint density at radius 1 is 1.15 bits per heavy atom. The second-order valence-electron chi connectivity index (χ2n) is 5.71. The summed E-state index contributed by atoms with van der Waals surface area (Å²) < 4.78 is 7.17. The summed E-state index contributed by atoms with van der Waals surface area (Å²) in [4.78, 5) is 16.8. The summed E-state index contributed by atoms with van der Waals surface area (Å²) in [6, 6.07) is 15.5. The van der Waals surface area contributed by atoms with E-state index in [2.05, 4.69) is 15.6 Å². The third-order valence-electron chi connectivity index (χ3n) is 3.97. The van der Waals surface area contributed by atoms with Crippen LogP contribution in [0.5, 0.6) is 5.75 Å². The van der Waals surface area contributed by atoms with Crippen molar-refractivity contribution in [3.05, 3.63) is 48.5 Å². The van der Waals surface area contributed by atoms with Gasteiger partial charge in [0.05, 0.1) is 18.1 Å². The van der Waals surface area contributed by atoms with Crippen molar-refractivity contribution < 1.29 is 9.53 Å². The maximum absolute atomic E-state index is 12.2. The zero-order chi connectivity index (χ0) is 17.6. The molecule has 0 atom stereocenters. The Bertz CT molecular complexity index is 862. The van der Waals surface area contributed by atoms with Crippen LogP contribution in [0.1, 0.15) is 12.8 Å². The Labute approximate surface area is 159 Å². The number of nitrogens with zero attached hydrogens (tertiary/aromatic N) is 2. The topological polar surface area (TPSA) is 68.2 Å². The van der Waals surface area contributed by atoms with E-state index in [4.69, 9.17) is 4.74 Å². The zero-order valence-electron chi connectivity index (χ0n) is 14.9. The summed E-state index contributed by atoms with van der Waals surface area (Å²) in [5.74, 6) is 1.27. The van der Waals surface area contributed by atoms with Crippen molar-refractivity contribution in [1.82, 2.24) is 14.9 Å². The number of carbonyl (C=O) groups is 1. The van der Waals surface area contributed by atoms with Gasteiger partial charge in [0.2, 0.25) is 11.9 Å². The Kier molecular flexibility index (Phi) is 7.00. The molecule has 3 aromatic rings. The highest BCUT2D eigenvalue weighted by Crippen LogP contribution is 2.26. The predicted octanol–water partition coefficient (Wildman–Crippen LogP) is 3.39. The van der Waals surface area contributed by atoms with Gasteiger partial charge in [0.25, 0.3) is 0 Å². The SMILES string of the molecule is CNCCCC(=O)Nc1nc2ccccc2n1-c1ccc(OC)cc1.Cl. The van der Waals surface area contributed by atoms with Crippen LogP contribution in [0, 0.1) is 0 Å². The quantitative estimate of drug-likeness (QED) is 0.622. The molecule has 0 saturated heterocycles. The van der Waals surface area contributed by atoms with Crippen LogP contribution in [-0.2, 0) is 4.79 Å². The van der Waals surface area contributed by atoms with E-state index in [1.54, 1.807) is 7.11 Å². The first-order valence-electron chi connectivity index (χ1n) is 8.29. The smallest absolute Gasteiger partial charge is 0.226 e. The molecule has 0 bridgehead atoms. The number of hydrogen-bond acceptors (Lipinski definition) is 4. The van der Waals surface area contributed by atoms with Crippen LogP contribution < -0.4 is 15.4 Å². The van der Waals surface area contributed by atoms with E-state index in [0.717, 1.165) is 35.4 Å². The van der Waals surface area contributed by atoms with Gasteiger partial charge in [-0.3, -0.25) is 14.7 Å². The molecule has 6 nitrogen and oxygen atoms in total. The first kappa shape index (κ1) is 19.8. The van der Waals surface area contributed by atoms with Crippen LogP contribution in [0.3, 0.4) is 0 Å². The minimum absolute atomic E-state index is 0. The number of halogens is 1. The lowest BCUT2D eigenvalue weighted by Gasteiger charge is -2.11. The number of anilines is 1. The molecule has 26 heavy (non-hydrogen) atoms. The van der Waals surface area contributed by atoms with Crippen LogP contribution in [-0.4, -0.2) is 36.2 Å². The van der Waals surface area contributed by atoms with Crippen molar-refractivity contribution in [1.29, 1.82) is 0 Å². The van der Waals surface area contributed by atoms with Crippen molar-refractivity contribution in [3.63, 3.8) is 0 Å². The Morgan fingerprint density at radius 2 is 1.88 bits per heavy atom. The van der Waals surface area contributed by atoms with Crippen LogP contribution in [0.25, 0.3) is 16.7 Å². The number of methoxy groups -OCH3 is 1. The third kappa shape index (κ3) is 4.33. The van der Waals surface area contributed by atoms with Crippen LogP contribution in [0.15, 0.2) is 48.5 Å². The van der Waals surface area contributed by atoms with Gasteiger partial charge in [-0.25, -0.2) is 4.98 Å². The highest BCUT2D eigenvalue weighted by Gasteiger charge is 2.14. The monoisotopic (exact) mass is 374 g/mol. The van der Waals surface area contributed by atoms with Crippen molar-refractivity contribution in [2.75, 3.05) is 26.0 Å². The number of fused-ring (bicyclic) bond motifs is 1. The fraction of sp³-hybridized carbons (Fsp3) is 0.263. The molecule has 3 rings (SSSR count). The van der Waals surface area contributed by atoms with E-state index in [9.17, 15) is 4.79 Å². The molecule has 0 unspecified atom stereocenters. The molecule has 1 amide bonds. The number of benzene rings is 2. The summed E-state index contributed by atoms with van der Waals surface area (Å²) >= 11 is 0. The highest BCUT2D eigenvalue weighted by molar-refractivity contribution is 5.92. The average molecular weight is 375 g/mol. The number of ether oxygens (including phenoxy) is 1. The standard InChI is InChI=1S/C19H22N4O2.ClH/c1-20-13-5-8-18(24)22-19-21-16-6-3-4-7-17(16)23(19)14-9-11-15(25-2)12-10-14;/h3-4,6-7,9-12,20H,5,8,13H2,1-2H3,(H,21,22,24);1H. The molecule has 0 radical (unpaired) electrons. The van der Waals surface area contributed by atoms with Gasteiger partial charge < -0.3 is 10.1 Å². The first-order valence-corrected chi connectivity index (χ1v) is 8.29. The molecule has 7 heteroatoms. The number of carbonyl (C=O) groups excluding carboxylic acids is 1. The Hall–Kier alpha value is -2.57. The summed E-state index contributed by atoms with van der Waals surface area (Å²) in [5.41, 5.74) is 2.70. The third-order valence-corrected chi connectivity index (χ3v) is 3.97. The first-order chi connectivity index (χ1) is 12.2. The van der Waals surface area contributed by atoms with Gasteiger partial charge in [0.15, 0.2) is 0 Å². The molecule has 2 N–H and O–H groups in total. The lowest BCUT2D eigenvalue weighted by atomic mass is 10.2. The molecule has 0 spiro atoms. The minimum atomic E-state index is -0.0414. The lowest BCUT2D eigenvalue weighted by Crippen LogP contribution is -2.17. The molecule has 1 aromatic heterocycles. The van der Waals surface area contributed by atoms with Crippen LogP contribution in [0.2, 0.25) is 0 Å². The van der Waals surface area contributed by atoms with E-state index in [0.29, 0.717) is 12.4 Å². The maximum atomic E-state index is 12.2. The molecule has 0 aliphatic carbocycles. The Balaban J connectivity index is 0.00000243. The van der Waals surface area contributed by atoms with Gasteiger partial charge in [0, 0.05) is 12.1 Å². The molecule has 0 aliphatic rings. The molecule has 0 aliphatic heterocycles. The van der Waals surface area contributed by atoms with Crippen molar-refractivity contribution in [2.45, 2.75) is 12.8 Å². The van der Waals surface area contributed by atoms with Gasteiger partial charge in [-0.2, -0.15) is 0 Å². The molecular formula is C19H23ClN4O2. The molecule has 2 aromatic carbocycles. The number of nitrogens with one attached hydrogen (secondary N) is 2. The van der Waals surface area contributed by atoms with E-state index in [-0.39, 0.29) is 18.3 Å². The van der Waals surface area contributed by atoms with Gasteiger partial charge in [-0.05, 0) is 56.4 Å². The van der Waals surface area contributed by atoms with E-state index in [1.165, 1.54) is 0 Å². The summed E-state index contributed by atoms with van der Waals surface area (Å²) in [6.45, 7) is 0.808. The molecule has 138 valence electrons. The van der Waals surface area contributed by atoms with Gasteiger partial charge >= 0.3 is 0 Å².